The highest BCUT2D eigenvalue weighted by atomic mass is 19.4. The first-order valence-electron chi connectivity index (χ1n) is 11.8. The Morgan fingerprint density at radius 2 is 1.77 bits per heavy atom. The average molecular weight is 492 g/mol. The van der Waals surface area contributed by atoms with Crippen LogP contribution in [0.1, 0.15) is 50.4 Å². The number of fused-ring (bicyclic) bond motifs is 1. The van der Waals surface area contributed by atoms with Gasteiger partial charge in [-0.3, -0.25) is 4.90 Å². The molecule has 0 unspecified atom stereocenters. The van der Waals surface area contributed by atoms with Gasteiger partial charge in [0.2, 0.25) is 0 Å². The Labute approximate surface area is 203 Å². The minimum Gasteiger partial charge on any atom is -0.508 e. The van der Waals surface area contributed by atoms with E-state index in [-0.39, 0.29) is 23.9 Å². The van der Waals surface area contributed by atoms with Gasteiger partial charge in [-0.25, -0.2) is 4.79 Å². The summed E-state index contributed by atoms with van der Waals surface area (Å²) in [6.45, 7) is 7.29. The number of anilines is 1. The highest BCUT2D eigenvalue weighted by Crippen LogP contribution is 2.41. The number of likely N-dealkylation sites (tertiary alicyclic amines) is 1. The van der Waals surface area contributed by atoms with Gasteiger partial charge in [-0.1, -0.05) is 18.2 Å². The van der Waals surface area contributed by atoms with Crippen molar-refractivity contribution in [2.75, 3.05) is 25.0 Å². The van der Waals surface area contributed by atoms with Crippen molar-refractivity contribution in [2.45, 2.75) is 64.0 Å². The molecule has 9 heteroatoms. The van der Waals surface area contributed by atoms with Crippen LogP contribution >= 0.6 is 0 Å². The van der Waals surface area contributed by atoms with Crippen molar-refractivity contribution in [2.24, 2.45) is 0 Å². The predicted molar refractivity (Wildman–Crippen MR) is 128 cm³/mol. The van der Waals surface area contributed by atoms with Crippen LogP contribution in [-0.4, -0.2) is 64.5 Å². The number of phenolic OH excluding ortho intramolecular Hbond substituents is 1. The smallest absolute Gasteiger partial charge is 0.410 e. The zero-order chi connectivity index (χ0) is 25.5. The van der Waals surface area contributed by atoms with E-state index in [0.717, 1.165) is 22.4 Å². The number of phenols is 1. The Balaban J connectivity index is 1.48. The number of benzene rings is 2. The summed E-state index contributed by atoms with van der Waals surface area (Å²) in [5.74, 6) is 0.111. The maximum absolute atomic E-state index is 13.4. The van der Waals surface area contributed by atoms with Gasteiger partial charge in [0.25, 0.3) is 0 Å². The van der Waals surface area contributed by atoms with Crippen molar-refractivity contribution in [3.63, 3.8) is 0 Å². The first-order valence-corrected chi connectivity index (χ1v) is 11.8. The normalized spacial score (nSPS) is 21.3. The molecule has 0 spiro atoms. The standard InChI is InChI=1S/C26H32F3N3O3/c1-16-11-18-12-21(33)9-10-22(18)23(32(16)15-26(27,28)29)17-5-7-19(8-6-17)30-20-13-31(14-20)24(34)35-25(2,3)4/h5-10,12,16,20,23,30,33H,11,13-15H2,1-4H3/t16-,23-/m1/s1. The van der Waals surface area contributed by atoms with Gasteiger partial charge < -0.3 is 20.1 Å². The minimum absolute atomic E-state index is 0.0773. The van der Waals surface area contributed by atoms with E-state index in [1.165, 1.54) is 11.0 Å². The Hall–Kier alpha value is -2.94. The maximum atomic E-state index is 13.4. The number of carbonyl (C=O) groups is 1. The van der Waals surface area contributed by atoms with E-state index in [1.54, 1.807) is 24.0 Å². The van der Waals surface area contributed by atoms with Crippen LogP contribution in [0, 0.1) is 0 Å². The van der Waals surface area contributed by atoms with Gasteiger partial charge in [0.15, 0.2) is 0 Å². The van der Waals surface area contributed by atoms with E-state index in [2.05, 4.69) is 5.32 Å². The number of halogens is 3. The quantitative estimate of drug-likeness (QED) is 0.606. The molecule has 2 aliphatic rings. The van der Waals surface area contributed by atoms with Gasteiger partial charge in [0.05, 0.1) is 18.6 Å². The van der Waals surface area contributed by atoms with Crippen LogP contribution in [-0.2, 0) is 11.2 Å². The second kappa shape index (κ2) is 9.26. The fraction of sp³-hybridized carbons (Fsp3) is 0.500. The van der Waals surface area contributed by atoms with Crippen molar-refractivity contribution in [3.8, 4) is 5.75 Å². The Bertz CT molecular complexity index is 1060. The Morgan fingerprint density at radius 3 is 2.37 bits per heavy atom. The summed E-state index contributed by atoms with van der Waals surface area (Å²) < 4.78 is 45.7. The van der Waals surface area contributed by atoms with Gasteiger partial charge >= 0.3 is 12.3 Å². The molecule has 35 heavy (non-hydrogen) atoms. The number of nitrogens with one attached hydrogen (secondary N) is 1. The van der Waals surface area contributed by atoms with Crippen molar-refractivity contribution in [3.05, 3.63) is 59.2 Å². The van der Waals surface area contributed by atoms with E-state index in [0.29, 0.717) is 19.5 Å². The highest BCUT2D eigenvalue weighted by Gasteiger charge is 2.40. The summed E-state index contributed by atoms with van der Waals surface area (Å²) >= 11 is 0. The lowest BCUT2D eigenvalue weighted by Crippen LogP contribution is -2.57. The molecule has 4 rings (SSSR count). The maximum Gasteiger partial charge on any atom is 0.410 e. The molecule has 2 atom stereocenters. The number of aromatic hydroxyl groups is 1. The molecule has 0 saturated carbocycles. The molecule has 1 fully saturated rings. The lowest BCUT2D eigenvalue weighted by atomic mass is 9.85. The number of amides is 1. The molecule has 0 bridgehead atoms. The highest BCUT2D eigenvalue weighted by molar-refractivity contribution is 5.69. The van der Waals surface area contributed by atoms with E-state index < -0.39 is 24.4 Å². The molecular formula is C26H32F3N3O3. The van der Waals surface area contributed by atoms with Crippen molar-refractivity contribution >= 4 is 11.8 Å². The van der Waals surface area contributed by atoms with Gasteiger partial charge in [0, 0.05) is 24.8 Å². The molecule has 2 heterocycles. The lowest BCUT2D eigenvalue weighted by molar-refractivity contribution is -0.155. The molecule has 0 aliphatic carbocycles. The molecule has 2 aromatic rings. The van der Waals surface area contributed by atoms with E-state index in [9.17, 15) is 23.1 Å². The number of ether oxygens (including phenoxy) is 1. The monoisotopic (exact) mass is 491 g/mol. The largest absolute Gasteiger partial charge is 0.508 e. The molecule has 6 nitrogen and oxygen atoms in total. The average Bonchev–Trinajstić information content (AvgIpc) is 2.69. The van der Waals surface area contributed by atoms with Crippen molar-refractivity contribution in [1.82, 2.24) is 9.80 Å². The topological polar surface area (TPSA) is 65.0 Å². The second-order valence-electron chi connectivity index (χ2n) is 10.5. The molecule has 1 saturated heterocycles. The number of hydrogen-bond donors (Lipinski definition) is 2. The van der Waals surface area contributed by atoms with Crippen LogP contribution in [0.4, 0.5) is 23.7 Å². The number of hydrogen-bond acceptors (Lipinski definition) is 5. The fourth-order valence-corrected chi connectivity index (χ4v) is 4.77. The molecule has 2 aromatic carbocycles. The van der Waals surface area contributed by atoms with Crippen LogP contribution in [0.5, 0.6) is 5.75 Å². The van der Waals surface area contributed by atoms with Gasteiger partial charge in [0.1, 0.15) is 11.4 Å². The molecule has 0 radical (unpaired) electrons. The third-order valence-corrected chi connectivity index (χ3v) is 6.33. The van der Waals surface area contributed by atoms with Crippen LogP contribution < -0.4 is 5.32 Å². The zero-order valence-corrected chi connectivity index (χ0v) is 20.4. The lowest BCUT2D eigenvalue weighted by Gasteiger charge is -2.42. The molecule has 190 valence electrons. The number of carbonyl (C=O) groups excluding carboxylic acids is 1. The zero-order valence-electron chi connectivity index (χ0n) is 20.4. The number of rotatable bonds is 4. The third kappa shape index (κ3) is 6.01. The molecule has 1 amide bonds. The van der Waals surface area contributed by atoms with Gasteiger partial charge in [-0.05, 0) is 75.1 Å². The van der Waals surface area contributed by atoms with E-state index in [4.69, 9.17) is 4.74 Å². The first-order chi connectivity index (χ1) is 16.3. The summed E-state index contributed by atoms with van der Waals surface area (Å²) in [5, 5.41) is 13.3. The van der Waals surface area contributed by atoms with Crippen LogP contribution in [0.2, 0.25) is 0 Å². The van der Waals surface area contributed by atoms with Gasteiger partial charge in [-0.2, -0.15) is 13.2 Å². The summed E-state index contributed by atoms with van der Waals surface area (Å²) in [4.78, 5) is 15.2. The van der Waals surface area contributed by atoms with Crippen LogP contribution in [0.3, 0.4) is 0 Å². The van der Waals surface area contributed by atoms with E-state index in [1.807, 2.05) is 45.0 Å². The first kappa shape index (κ1) is 25.2. The second-order valence-corrected chi connectivity index (χ2v) is 10.5. The molecule has 0 aromatic heterocycles. The Kier molecular flexibility index (Phi) is 6.66. The number of nitrogens with zero attached hydrogens (tertiary/aromatic N) is 2. The molecule has 2 N–H and O–H groups in total. The summed E-state index contributed by atoms with van der Waals surface area (Å²) in [6.07, 6.45) is -4.23. The SMILES string of the molecule is C[C@@H]1Cc2cc(O)ccc2[C@@H](c2ccc(NC3CN(C(=O)OC(C)(C)C)C3)cc2)N1CC(F)(F)F. The molecular weight excluding hydrogens is 459 g/mol. The van der Waals surface area contributed by atoms with Crippen molar-refractivity contribution in [1.29, 1.82) is 0 Å². The van der Waals surface area contributed by atoms with Gasteiger partial charge in [-0.15, -0.1) is 0 Å². The van der Waals surface area contributed by atoms with Crippen molar-refractivity contribution < 1.29 is 27.8 Å². The fourth-order valence-electron chi connectivity index (χ4n) is 4.77. The summed E-state index contributed by atoms with van der Waals surface area (Å²) in [5.41, 5.74) is 2.68. The van der Waals surface area contributed by atoms with Crippen LogP contribution in [0.25, 0.3) is 0 Å². The van der Waals surface area contributed by atoms with Crippen LogP contribution in [0.15, 0.2) is 42.5 Å². The predicted octanol–water partition coefficient (Wildman–Crippen LogP) is 5.32. The Morgan fingerprint density at radius 1 is 1.11 bits per heavy atom. The third-order valence-electron chi connectivity index (χ3n) is 6.33. The number of alkyl halides is 3. The summed E-state index contributed by atoms with van der Waals surface area (Å²) in [7, 11) is 0. The summed E-state index contributed by atoms with van der Waals surface area (Å²) in [6, 6.07) is 11.4. The molecule has 2 aliphatic heterocycles. The minimum atomic E-state index is -4.33. The van der Waals surface area contributed by atoms with E-state index >= 15 is 0 Å².